The van der Waals surface area contributed by atoms with E-state index in [2.05, 4.69) is 0 Å². The fourth-order valence-electron chi connectivity index (χ4n) is 3.55. The van der Waals surface area contributed by atoms with Gasteiger partial charge in [-0.1, -0.05) is 25.5 Å². The molecule has 152 valence electrons. The van der Waals surface area contributed by atoms with Gasteiger partial charge in [0.1, 0.15) is 11.1 Å². The summed E-state index contributed by atoms with van der Waals surface area (Å²) in [5, 5.41) is 4.58. The largest absolute Gasteiger partial charge is 0.266 e. The Bertz CT molecular complexity index is 1070. The average Bonchev–Trinajstić information content (AvgIpc) is 2.64. The lowest BCUT2D eigenvalue weighted by atomic mass is 9.98. The number of primary sulfonamides is 1. The number of rotatable bonds is 6. The van der Waals surface area contributed by atoms with Crippen molar-refractivity contribution in [2.75, 3.05) is 10.8 Å². The molecule has 9 heteroatoms. The summed E-state index contributed by atoms with van der Waals surface area (Å²) in [6.45, 7) is 2.19. The number of aryl methyl sites for hydroxylation is 1. The van der Waals surface area contributed by atoms with E-state index in [-0.39, 0.29) is 4.90 Å². The first-order valence-electron chi connectivity index (χ1n) is 9.07. The minimum atomic E-state index is -3.84. The van der Waals surface area contributed by atoms with Crippen molar-refractivity contribution in [3.63, 3.8) is 0 Å². The van der Waals surface area contributed by atoms with Crippen LogP contribution in [0.3, 0.4) is 0 Å². The van der Waals surface area contributed by atoms with Crippen molar-refractivity contribution in [3.05, 3.63) is 59.4 Å². The van der Waals surface area contributed by atoms with Crippen LogP contribution in [0.1, 0.15) is 42.6 Å². The van der Waals surface area contributed by atoms with E-state index in [1.807, 2.05) is 6.92 Å². The molecule has 0 bridgehead atoms. The van der Waals surface area contributed by atoms with Crippen molar-refractivity contribution in [1.29, 1.82) is 0 Å². The molecule has 0 amide bonds. The Hall–Kier alpha value is -1.97. The van der Waals surface area contributed by atoms with E-state index in [0.29, 0.717) is 43.5 Å². The summed E-state index contributed by atoms with van der Waals surface area (Å²) >= 11 is 0. The van der Waals surface area contributed by atoms with Crippen molar-refractivity contribution < 1.29 is 21.2 Å². The third-order valence-electron chi connectivity index (χ3n) is 4.90. The third-order valence-corrected chi connectivity index (χ3v) is 8.03. The van der Waals surface area contributed by atoms with Gasteiger partial charge in [0.25, 0.3) is 10.0 Å². The Morgan fingerprint density at radius 1 is 1.11 bits per heavy atom. The molecule has 0 fully saturated rings. The van der Waals surface area contributed by atoms with E-state index >= 15 is 0 Å². The van der Waals surface area contributed by atoms with Gasteiger partial charge in [-0.3, -0.25) is 4.31 Å². The molecule has 0 spiro atoms. The maximum absolute atomic E-state index is 13.2. The van der Waals surface area contributed by atoms with Crippen LogP contribution in [0.2, 0.25) is 0 Å². The van der Waals surface area contributed by atoms with Gasteiger partial charge in [0, 0.05) is 6.54 Å². The first-order valence-corrected chi connectivity index (χ1v) is 12.1. The molecule has 0 saturated heterocycles. The fourth-order valence-corrected chi connectivity index (χ4v) is 6.18. The van der Waals surface area contributed by atoms with Crippen LogP contribution >= 0.6 is 0 Å². The van der Waals surface area contributed by atoms with E-state index in [0.717, 1.165) is 17.7 Å². The van der Waals surface area contributed by atoms with Gasteiger partial charge in [-0.15, -0.1) is 0 Å². The predicted octanol–water partition coefficient (Wildman–Crippen LogP) is 3.10. The number of anilines is 1. The number of nitrogens with zero attached hydrogens (tertiary/aromatic N) is 1. The summed E-state index contributed by atoms with van der Waals surface area (Å²) < 4.78 is 64.5. The van der Waals surface area contributed by atoms with Gasteiger partial charge in [-0.2, -0.15) is 0 Å². The Kier molecular flexibility index (Phi) is 5.79. The van der Waals surface area contributed by atoms with Crippen molar-refractivity contribution in [2.24, 2.45) is 5.14 Å². The quantitative estimate of drug-likeness (QED) is 0.767. The topological polar surface area (TPSA) is 97.5 Å². The number of hydrogen-bond acceptors (Lipinski definition) is 4. The fraction of sp³-hybridized carbons (Fsp3) is 0.368. The molecular weight excluding hydrogens is 403 g/mol. The molecule has 1 unspecified atom stereocenters. The third kappa shape index (κ3) is 4.06. The summed E-state index contributed by atoms with van der Waals surface area (Å²) in [4.78, 5) is 0.0132. The van der Waals surface area contributed by atoms with Crippen LogP contribution in [0.5, 0.6) is 0 Å². The van der Waals surface area contributed by atoms with Crippen LogP contribution in [0, 0.1) is 5.82 Å². The van der Waals surface area contributed by atoms with E-state index in [1.165, 1.54) is 16.4 Å². The van der Waals surface area contributed by atoms with Crippen LogP contribution in [0.25, 0.3) is 0 Å². The van der Waals surface area contributed by atoms with Crippen molar-refractivity contribution in [3.8, 4) is 0 Å². The van der Waals surface area contributed by atoms with Gasteiger partial charge in [0.05, 0.1) is 10.6 Å². The number of benzene rings is 2. The molecule has 0 aliphatic carbocycles. The van der Waals surface area contributed by atoms with Gasteiger partial charge >= 0.3 is 0 Å². The molecule has 28 heavy (non-hydrogen) atoms. The molecule has 0 aromatic heterocycles. The zero-order chi connectivity index (χ0) is 20.5. The maximum atomic E-state index is 13.2. The normalized spacial score (nSPS) is 15.9. The molecule has 2 N–H and O–H groups in total. The Labute approximate surface area is 165 Å². The number of hydrogen-bond donors (Lipinski definition) is 1. The summed E-state index contributed by atoms with van der Waals surface area (Å²) in [5.74, 6) is -0.507. The first kappa shape index (κ1) is 20.8. The number of nitrogens with two attached hydrogens (primary N) is 1. The molecule has 1 aliphatic rings. The van der Waals surface area contributed by atoms with E-state index < -0.39 is 31.1 Å². The van der Waals surface area contributed by atoms with Crippen LogP contribution in [-0.2, 0) is 26.5 Å². The summed E-state index contributed by atoms with van der Waals surface area (Å²) in [6, 6.07) is 9.72. The highest BCUT2D eigenvalue weighted by Crippen LogP contribution is 2.35. The zero-order valence-corrected chi connectivity index (χ0v) is 17.1. The van der Waals surface area contributed by atoms with Crippen molar-refractivity contribution >= 4 is 25.7 Å². The van der Waals surface area contributed by atoms with Gasteiger partial charge in [-0.25, -0.2) is 26.4 Å². The Morgan fingerprint density at radius 3 is 2.39 bits per heavy atom. The number of fused-ring (bicyclic) bond motifs is 1. The summed E-state index contributed by atoms with van der Waals surface area (Å²) in [7, 11) is -7.60. The first-order chi connectivity index (χ1) is 13.1. The molecule has 1 atom stereocenters. The maximum Gasteiger partial charge on any atom is 0.264 e. The monoisotopic (exact) mass is 426 g/mol. The molecule has 0 saturated carbocycles. The van der Waals surface area contributed by atoms with Crippen LogP contribution in [0.15, 0.2) is 47.4 Å². The standard InChI is InChI=1S/C19H23FN2O4S2/c1-2-4-19(27(21,23)24)15-6-11-18-14(13-15)5-3-12-22(18)28(25,26)17-9-7-16(20)8-10-17/h6-11,13,19H,2-5,12H2,1H3,(H2,21,23,24). The van der Waals surface area contributed by atoms with Crippen LogP contribution in [0.4, 0.5) is 10.1 Å². The lowest BCUT2D eigenvalue weighted by molar-refractivity contribution is 0.574. The summed E-state index contributed by atoms with van der Waals surface area (Å²) in [6.07, 6.45) is 2.30. The Morgan fingerprint density at radius 2 is 1.79 bits per heavy atom. The number of sulfonamides is 2. The van der Waals surface area contributed by atoms with E-state index in [4.69, 9.17) is 5.14 Å². The second-order valence-electron chi connectivity index (χ2n) is 6.89. The second kappa shape index (κ2) is 7.81. The molecule has 2 aromatic carbocycles. The zero-order valence-electron chi connectivity index (χ0n) is 15.5. The molecule has 1 aliphatic heterocycles. The van der Waals surface area contributed by atoms with Gasteiger partial charge in [0.2, 0.25) is 10.0 Å². The molecule has 0 radical (unpaired) electrons. The highest BCUT2D eigenvalue weighted by atomic mass is 32.2. The van der Waals surface area contributed by atoms with Crippen LogP contribution < -0.4 is 9.44 Å². The Balaban J connectivity index is 2.02. The van der Waals surface area contributed by atoms with Crippen molar-refractivity contribution in [2.45, 2.75) is 42.8 Å². The SMILES string of the molecule is CCCC(c1ccc2c(c1)CCCN2S(=O)(=O)c1ccc(F)cc1)S(N)(=O)=O. The minimum Gasteiger partial charge on any atom is -0.266 e. The molecule has 1 heterocycles. The number of halogens is 1. The van der Waals surface area contributed by atoms with Gasteiger partial charge < -0.3 is 0 Å². The van der Waals surface area contributed by atoms with E-state index in [9.17, 15) is 21.2 Å². The van der Waals surface area contributed by atoms with Crippen molar-refractivity contribution in [1.82, 2.24) is 0 Å². The van der Waals surface area contributed by atoms with Crippen LogP contribution in [-0.4, -0.2) is 23.4 Å². The molecule has 6 nitrogen and oxygen atoms in total. The van der Waals surface area contributed by atoms with E-state index in [1.54, 1.807) is 18.2 Å². The molecule has 2 aromatic rings. The predicted molar refractivity (Wildman–Crippen MR) is 106 cm³/mol. The lowest BCUT2D eigenvalue weighted by Crippen LogP contribution is -2.35. The molecule has 3 rings (SSSR count). The van der Waals surface area contributed by atoms with Gasteiger partial charge in [-0.05, 0) is 60.7 Å². The smallest absolute Gasteiger partial charge is 0.264 e. The lowest BCUT2D eigenvalue weighted by Gasteiger charge is -2.31. The highest BCUT2D eigenvalue weighted by molar-refractivity contribution is 7.92. The molecular formula is C19H23FN2O4S2. The average molecular weight is 427 g/mol. The summed E-state index contributed by atoms with van der Waals surface area (Å²) in [5.41, 5.74) is 1.85. The minimum absolute atomic E-state index is 0.0132. The van der Waals surface area contributed by atoms with Gasteiger partial charge in [0.15, 0.2) is 0 Å². The highest BCUT2D eigenvalue weighted by Gasteiger charge is 2.31. The second-order valence-corrected chi connectivity index (χ2v) is 10.5.